The molecule has 0 fully saturated rings. The highest BCUT2D eigenvalue weighted by Gasteiger charge is 2.36. The molecule has 1 aromatic heterocycles. The molecule has 0 radical (unpaired) electrons. The molecule has 1 atom stereocenters. The molecule has 0 bridgehead atoms. The summed E-state index contributed by atoms with van der Waals surface area (Å²) in [5.74, 6) is -2.03. The number of hydrogen-bond donors (Lipinski definition) is 1. The van der Waals surface area contributed by atoms with Gasteiger partial charge >= 0.3 is 0 Å². The van der Waals surface area contributed by atoms with Gasteiger partial charge < -0.3 is 14.6 Å². The van der Waals surface area contributed by atoms with Crippen molar-refractivity contribution >= 4 is 34.4 Å². The second-order valence-electron chi connectivity index (χ2n) is 6.67. The highest BCUT2D eigenvalue weighted by Crippen LogP contribution is 2.39. The first-order chi connectivity index (χ1) is 14.0. The fraction of sp³-hybridized carbons (Fsp3) is 0.100. The Morgan fingerprint density at radius 1 is 1.17 bits per heavy atom. The van der Waals surface area contributed by atoms with Crippen LogP contribution in [-0.2, 0) is 4.79 Å². The highest BCUT2D eigenvalue weighted by atomic mass is 19.1. The lowest BCUT2D eigenvalue weighted by Crippen LogP contribution is -2.38. The van der Waals surface area contributed by atoms with Crippen LogP contribution in [0.1, 0.15) is 5.56 Å². The third-order valence-corrected chi connectivity index (χ3v) is 4.83. The molecule has 2 aliphatic rings. The predicted octanol–water partition coefficient (Wildman–Crippen LogP) is 3.50. The van der Waals surface area contributed by atoms with Gasteiger partial charge in [0, 0.05) is 37.2 Å². The summed E-state index contributed by atoms with van der Waals surface area (Å²) in [4.78, 5) is 21.0. The smallest absolute Gasteiger partial charge is 0.274 e. The van der Waals surface area contributed by atoms with Gasteiger partial charge in [0.25, 0.3) is 5.91 Å². The monoisotopic (exact) mass is 393 g/mol. The van der Waals surface area contributed by atoms with Gasteiger partial charge in [0.2, 0.25) is 0 Å². The first-order valence-corrected chi connectivity index (χ1v) is 8.71. The van der Waals surface area contributed by atoms with Crippen molar-refractivity contribution in [3.05, 3.63) is 60.1 Å². The van der Waals surface area contributed by atoms with Gasteiger partial charge in [-0.1, -0.05) is 0 Å². The molecule has 1 N–H and O–H groups in total. The minimum Gasteiger partial charge on any atom is -0.454 e. The lowest BCUT2D eigenvalue weighted by molar-refractivity contribution is -0.121. The molecule has 144 valence electrons. The number of imidazole rings is 1. The van der Waals surface area contributed by atoms with E-state index in [0.717, 1.165) is 17.6 Å². The summed E-state index contributed by atoms with van der Waals surface area (Å²) in [6.07, 6.45) is 4.78. The number of ether oxygens (including phenoxy) is 1. The minimum absolute atomic E-state index is 0.127. The molecule has 9 heteroatoms. The van der Waals surface area contributed by atoms with E-state index in [1.807, 2.05) is 0 Å². The van der Waals surface area contributed by atoms with Crippen LogP contribution in [0.5, 0.6) is 11.5 Å². The Hall–Kier alpha value is -3.88. The topological polar surface area (TPSA) is 82.9 Å². The Morgan fingerprint density at radius 2 is 2.03 bits per heavy atom. The molecule has 2 aromatic carbocycles. The van der Waals surface area contributed by atoms with E-state index in [1.54, 1.807) is 31.6 Å². The van der Waals surface area contributed by atoms with Crippen molar-refractivity contribution in [3.8, 4) is 11.5 Å². The number of hydrogen-bond acceptors (Lipinski definition) is 5. The van der Waals surface area contributed by atoms with Crippen molar-refractivity contribution in [3.63, 3.8) is 0 Å². The molecule has 3 aromatic rings. The van der Waals surface area contributed by atoms with E-state index in [1.165, 1.54) is 17.3 Å². The Bertz CT molecular complexity index is 1260. The van der Waals surface area contributed by atoms with Crippen molar-refractivity contribution in [2.45, 2.75) is 0 Å². The number of benzene rings is 2. The largest absolute Gasteiger partial charge is 0.454 e. The summed E-state index contributed by atoms with van der Waals surface area (Å²) >= 11 is 0. The maximum atomic E-state index is 14.2. The summed E-state index contributed by atoms with van der Waals surface area (Å²) in [5, 5.41) is 7.84. The maximum absolute atomic E-state index is 14.2. The molecule has 29 heavy (non-hydrogen) atoms. The number of allylic oxidation sites excluding steroid dienone is 1. The fourth-order valence-electron chi connectivity index (χ4n) is 3.41. The number of carbonyl (C=O) groups excluding carboxylic acids is 1. The average Bonchev–Trinajstić information content (AvgIpc) is 3.35. The van der Waals surface area contributed by atoms with Crippen LogP contribution < -0.4 is 4.74 Å². The SMILES string of the molecule is CN1C=C(c2cc3[nH]cnc3cc2Oc2ccc(F)cc2F)C2C=NN=C2C1=O. The zero-order valence-electron chi connectivity index (χ0n) is 15.1. The van der Waals surface area contributed by atoms with E-state index in [0.29, 0.717) is 28.1 Å². The standard InChI is InChI=1S/C20H13F2N5O2/c1-27-8-13(12-7-25-26-19(12)20(27)28)11-5-15-16(24-9-23-15)6-18(11)29-17-3-2-10(21)4-14(17)22/h2-9,12H,1H3,(H,23,24). The van der Waals surface area contributed by atoms with Crippen LogP contribution in [0.15, 0.2) is 53.1 Å². The van der Waals surface area contributed by atoms with Crippen LogP contribution in [-0.4, -0.2) is 39.7 Å². The van der Waals surface area contributed by atoms with Crippen molar-refractivity contribution in [1.29, 1.82) is 0 Å². The lowest BCUT2D eigenvalue weighted by atomic mass is 9.87. The molecule has 0 aliphatic carbocycles. The number of nitrogens with one attached hydrogen (secondary N) is 1. The number of rotatable bonds is 3. The Labute approximate surface area is 163 Å². The summed E-state index contributed by atoms with van der Waals surface area (Å²) < 4.78 is 33.3. The number of halogens is 2. The van der Waals surface area contributed by atoms with Gasteiger partial charge in [0.05, 0.1) is 23.3 Å². The maximum Gasteiger partial charge on any atom is 0.274 e. The van der Waals surface area contributed by atoms with Crippen molar-refractivity contribution in [1.82, 2.24) is 14.9 Å². The summed E-state index contributed by atoms with van der Waals surface area (Å²) in [7, 11) is 1.62. The van der Waals surface area contributed by atoms with E-state index >= 15 is 0 Å². The molecular weight excluding hydrogens is 380 g/mol. The summed E-state index contributed by atoms with van der Waals surface area (Å²) in [5.41, 5.74) is 2.97. The van der Waals surface area contributed by atoms with Crippen molar-refractivity contribution in [2.24, 2.45) is 16.1 Å². The molecule has 1 unspecified atom stereocenters. The number of aromatic nitrogens is 2. The molecule has 0 spiro atoms. The molecule has 1 amide bonds. The third kappa shape index (κ3) is 2.78. The Morgan fingerprint density at radius 3 is 2.86 bits per heavy atom. The number of H-pyrrole nitrogens is 1. The second-order valence-corrected chi connectivity index (χ2v) is 6.67. The van der Waals surface area contributed by atoms with Gasteiger partial charge in [-0.05, 0) is 23.8 Å². The molecule has 7 nitrogen and oxygen atoms in total. The number of carbonyl (C=O) groups is 1. The summed E-state index contributed by atoms with van der Waals surface area (Å²) in [6, 6.07) is 6.55. The van der Waals surface area contributed by atoms with Crippen LogP contribution in [0.3, 0.4) is 0 Å². The Kier molecular flexibility index (Phi) is 3.76. The van der Waals surface area contributed by atoms with E-state index < -0.39 is 17.6 Å². The average molecular weight is 393 g/mol. The molecule has 3 heterocycles. The molecular formula is C20H13F2N5O2. The normalized spacial score (nSPS) is 18.1. The third-order valence-electron chi connectivity index (χ3n) is 4.83. The second kappa shape index (κ2) is 6.33. The van der Waals surface area contributed by atoms with E-state index in [9.17, 15) is 13.6 Å². The lowest BCUT2D eigenvalue weighted by Gasteiger charge is -2.26. The predicted molar refractivity (Wildman–Crippen MR) is 103 cm³/mol. The first kappa shape index (κ1) is 17.2. The van der Waals surface area contributed by atoms with Gasteiger partial charge in [-0.15, -0.1) is 5.10 Å². The zero-order chi connectivity index (χ0) is 20.1. The van der Waals surface area contributed by atoms with E-state index in [4.69, 9.17) is 4.74 Å². The number of nitrogens with zero attached hydrogens (tertiary/aromatic N) is 4. The highest BCUT2D eigenvalue weighted by molar-refractivity contribution is 6.46. The number of amides is 1. The summed E-state index contributed by atoms with van der Waals surface area (Å²) in [6.45, 7) is 0. The Balaban J connectivity index is 1.68. The number of aromatic amines is 1. The van der Waals surface area contributed by atoms with Crippen molar-refractivity contribution in [2.75, 3.05) is 7.05 Å². The van der Waals surface area contributed by atoms with E-state index in [-0.39, 0.29) is 11.7 Å². The minimum atomic E-state index is -0.826. The van der Waals surface area contributed by atoms with Gasteiger partial charge in [-0.2, -0.15) is 5.10 Å². The van der Waals surface area contributed by atoms with Crippen LogP contribution in [0.25, 0.3) is 16.6 Å². The van der Waals surface area contributed by atoms with Gasteiger partial charge in [0.1, 0.15) is 17.3 Å². The van der Waals surface area contributed by atoms with Gasteiger partial charge in [-0.25, -0.2) is 13.8 Å². The van der Waals surface area contributed by atoms with Crippen LogP contribution in [0, 0.1) is 17.6 Å². The zero-order valence-corrected chi connectivity index (χ0v) is 15.1. The van der Waals surface area contributed by atoms with E-state index in [2.05, 4.69) is 20.2 Å². The van der Waals surface area contributed by atoms with Crippen molar-refractivity contribution < 1.29 is 18.3 Å². The van der Waals surface area contributed by atoms with Crippen LogP contribution in [0.2, 0.25) is 0 Å². The quantitative estimate of drug-likeness (QED) is 0.739. The van der Waals surface area contributed by atoms with Gasteiger partial charge in [0.15, 0.2) is 11.6 Å². The van der Waals surface area contributed by atoms with Crippen LogP contribution in [0.4, 0.5) is 8.78 Å². The molecule has 2 aliphatic heterocycles. The molecule has 0 saturated carbocycles. The molecule has 5 rings (SSSR count). The molecule has 0 saturated heterocycles. The first-order valence-electron chi connectivity index (χ1n) is 8.71. The number of fused-ring (bicyclic) bond motifs is 2. The fourth-order valence-corrected chi connectivity index (χ4v) is 3.41. The van der Waals surface area contributed by atoms with Crippen LogP contribution >= 0.6 is 0 Å². The van der Waals surface area contributed by atoms with Gasteiger partial charge in [-0.3, -0.25) is 4.79 Å².